The number of ether oxygens (including phenoxy) is 4. The van der Waals surface area contributed by atoms with E-state index >= 15 is 0 Å². The molecule has 0 aromatic carbocycles. The van der Waals surface area contributed by atoms with E-state index in [0.29, 0.717) is 0 Å². The zero-order valence-corrected chi connectivity index (χ0v) is 10.2. The van der Waals surface area contributed by atoms with Crippen molar-refractivity contribution >= 4 is 0 Å². The first-order valence-electron chi connectivity index (χ1n) is 5.51. The molecular weight excluding hydrogens is 220 g/mol. The Kier molecular flexibility index (Phi) is 2.93. The molecule has 2 saturated heterocycles. The molecule has 4 atom stereocenters. The summed E-state index contributed by atoms with van der Waals surface area (Å²) in [6.45, 7) is 5.56. The lowest BCUT2D eigenvalue weighted by atomic mass is 9.94. The molecule has 17 heavy (non-hydrogen) atoms. The van der Waals surface area contributed by atoms with Crippen LogP contribution in [0.4, 0.5) is 0 Å². The summed E-state index contributed by atoms with van der Waals surface area (Å²) in [6.07, 6.45) is 9.50. The smallest absolute Gasteiger partial charge is 0.191 e. The second-order valence-corrected chi connectivity index (χ2v) is 4.63. The van der Waals surface area contributed by atoms with Crippen molar-refractivity contribution in [1.29, 1.82) is 0 Å². The van der Waals surface area contributed by atoms with Gasteiger partial charge in [-0.25, -0.2) is 0 Å². The highest BCUT2D eigenvalue weighted by Crippen LogP contribution is 2.44. The van der Waals surface area contributed by atoms with Crippen molar-refractivity contribution in [3.05, 3.63) is 0 Å². The first-order chi connectivity index (χ1) is 7.95. The summed E-state index contributed by atoms with van der Waals surface area (Å²) < 4.78 is 22.6. The Bertz CT molecular complexity index is 389. The summed E-state index contributed by atoms with van der Waals surface area (Å²) in [5, 5.41) is 0. The third kappa shape index (κ3) is 1.84. The third-order valence-corrected chi connectivity index (χ3v) is 3.04. The lowest BCUT2D eigenvalue weighted by Crippen LogP contribution is -2.49. The van der Waals surface area contributed by atoms with E-state index in [1.54, 1.807) is 0 Å². The van der Waals surface area contributed by atoms with Crippen LogP contribution in [0.5, 0.6) is 0 Å². The Morgan fingerprint density at radius 2 is 2.00 bits per heavy atom. The Hall–Kier alpha value is -1.04. The molecule has 0 radical (unpaired) electrons. The number of terminal acetylenes is 2. The zero-order valence-electron chi connectivity index (χ0n) is 10.2. The predicted molar refractivity (Wildman–Crippen MR) is 60.7 cm³/mol. The fourth-order valence-electron chi connectivity index (χ4n) is 2.25. The molecule has 0 spiro atoms. The van der Waals surface area contributed by atoms with E-state index < -0.39 is 23.8 Å². The molecule has 0 saturated carbocycles. The molecule has 2 aliphatic rings. The van der Waals surface area contributed by atoms with Crippen LogP contribution in [0.3, 0.4) is 0 Å². The van der Waals surface area contributed by atoms with Crippen LogP contribution in [0.2, 0.25) is 0 Å². The van der Waals surface area contributed by atoms with Crippen molar-refractivity contribution in [1.82, 2.24) is 0 Å². The average Bonchev–Trinajstić information content (AvgIpc) is 2.67. The molecule has 0 aromatic rings. The maximum Gasteiger partial charge on any atom is 0.191 e. The quantitative estimate of drug-likeness (QED) is 0.668. The van der Waals surface area contributed by atoms with Gasteiger partial charge >= 0.3 is 0 Å². The molecule has 0 amide bonds. The summed E-state index contributed by atoms with van der Waals surface area (Å²) in [5.74, 6) is 4.30. The summed E-state index contributed by atoms with van der Waals surface area (Å²) in [5.41, 5.74) is -0.981. The van der Waals surface area contributed by atoms with E-state index in [0.717, 1.165) is 0 Å². The van der Waals surface area contributed by atoms with Crippen LogP contribution in [0.15, 0.2) is 0 Å². The van der Waals surface area contributed by atoms with Crippen molar-refractivity contribution in [2.45, 2.75) is 50.7 Å². The van der Waals surface area contributed by atoms with Crippen LogP contribution in [0.1, 0.15) is 20.8 Å². The van der Waals surface area contributed by atoms with E-state index in [9.17, 15) is 0 Å². The molecule has 2 aliphatic heterocycles. The molecule has 2 rings (SSSR count). The van der Waals surface area contributed by atoms with Crippen LogP contribution < -0.4 is 0 Å². The number of fused-ring (bicyclic) bond motifs is 1. The monoisotopic (exact) mass is 236 g/mol. The summed E-state index contributed by atoms with van der Waals surface area (Å²) >= 11 is 0. The van der Waals surface area contributed by atoms with Gasteiger partial charge in [0.05, 0.1) is 0 Å². The first-order valence-corrected chi connectivity index (χ1v) is 5.51. The molecule has 2 heterocycles. The molecule has 2 fully saturated rings. The minimum absolute atomic E-state index is 0.116. The van der Waals surface area contributed by atoms with Gasteiger partial charge < -0.3 is 18.9 Å². The van der Waals surface area contributed by atoms with E-state index in [-0.39, 0.29) is 12.7 Å². The second-order valence-electron chi connectivity index (χ2n) is 4.63. The van der Waals surface area contributed by atoms with Gasteiger partial charge in [0.25, 0.3) is 0 Å². The van der Waals surface area contributed by atoms with E-state index in [2.05, 4.69) is 11.8 Å². The normalized spacial score (nSPS) is 42.8. The number of hydrogen-bond donors (Lipinski definition) is 0. The van der Waals surface area contributed by atoms with Crippen molar-refractivity contribution in [2.75, 3.05) is 6.61 Å². The van der Waals surface area contributed by atoms with Gasteiger partial charge in [0.1, 0.15) is 12.7 Å². The lowest BCUT2D eigenvalue weighted by molar-refractivity contribution is -0.223. The van der Waals surface area contributed by atoms with E-state index in [1.807, 2.05) is 20.8 Å². The van der Waals surface area contributed by atoms with Gasteiger partial charge in [0, 0.05) is 0 Å². The van der Waals surface area contributed by atoms with Gasteiger partial charge in [0.15, 0.2) is 23.8 Å². The SMILES string of the molecule is C#CCO[C@]1(C#C)[C@@H](C)O[C@@H]2OC(C)(C)O[C@@H]21. The molecule has 0 unspecified atom stereocenters. The topological polar surface area (TPSA) is 36.9 Å². The Labute approximate surface area is 102 Å². The van der Waals surface area contributed by atoms with Crippen LogP contribution in [-0.2, 0) is 18.9 Å². The van der Waals surface area contributed by atoms with E-state index in [4.69, 9.17) is 31.8 Å². The average molecular weight is 236 g/mol. The third-order valence-electron chi connectivity index (χ3n) is 3.04. The summed E-state index contributed by atoms with van der Waals surface area (Å²) in [4.78, 5) is 0. The van der Waals surface area contributed by atoms with Crippen molar-refractivity contribution in [3.8, 4) is 24.7 Å². The molecule has 0 N–H and O–H groups in total. The minimum atomic E-state index is -0.981. The lowest BCUT2D eigenvalue weighted by Gasteiger charge is -2.31. The molecule has 0 aromatic heterocycles. The maximum absolute atomic E-state index is 5.76. The van der Waals surface area contributed by atoms with Crippen molar-refractivity contribution in [2.24, 2.45) is 0 Å². The van der Waals surface area contributed by atoms with Crippen LogP contribution in [-0.4, -0.2) is 36.5 Å². The van der Waals surface area contributed by atoms with E-state index in [1.165, 1.54) is 0 Å². The van der Waals surface area contributed by atoms with Gasteiger partial charge in [-0.15, -0.1) is 12.8 Å². The Morgan fingerprint density at radius 3 is 2.59 bits per heavy atom. The minimum Gasteiger partial charge on any atom is -0.344 e. The maximum atomic E-state index is 5.76. The molecule has 4 nitrogen and oxygen atoms in total. The van der Waals surface area contributed by atoms with Crippen LogP contribution in [0, 0.1) is 24.7 Å². The molecule has 4 heteroatoms. The molecule has 92 valence electrons. The molecule has 0 aliphatic carbocycles. The highest BCUT2D eigenvalue weighted by Gasteiger charge is 2.62. The summed E-state index contributed by atoms with van der Waals surface area (Å²) in [6, 6.07) is 0. The van der Waals surface area contributed by atoms with Gasteiger partial charge in [-0.3, -0.25) is 0 Å². The second kappa shape index (κ2) is 4.01. The fraction of sp³-hybridized carbons (Fsp3) is 0.692. The zero-order chi connectivity index (χ0) is 12.7. The predicted octanol–water partition coefficient (Wildman–Crippen LogP) is 0.904. The van der Waals surface area contributed by atoms with Gasteiger partial charge in [-0.05, 0) is 20.8 Å². The highest BCUT2D eigenvalue weighted by atomic mass is 16.8. The van der Waals surface area contributed by atoms with Crippen molar-refractivity contribution < 1.29 is 18.9 Å². The first kappa shape index (κ1) is 12.4. The van der Waals surface area contributed by atoms with Crippen LogP contribution >= 0.6 is 0 Å². The standard InChI is InChI=1S/C13H16O4/c1-6-8-14-13(7-2)9(3)15-11-10(13)16-12(4,5)17-11/h1-2,9-11H,8H2,3-5H3/t9-,10+,11-,13-/m1/s1. The largest absolute Gasteiger partial charge is 0.344 e. The number of hydrogen-bond acceptors (Lipinski definition) is 4. The molecular formula is C13H16O4. The van der Waals surface area contributed by atoms with Gasteiger partial charge in [0.2, 0.25) is 0 Å². The number of rotatable bonds is 2. The summed E-state index contributed by atoms with van der Waals surface area (Å²) in [7, 11) is 0. The van der Waals surface area contributed by atoms with Gasteiger partial charge in [-0.1, -0.05) is 11.8 Å². The highest BCUT2D eigenvalue weighted by molar-refractivity contribution is 5.22. The van der Waals surface area contributed by atoms with Crippen molar-refractivity contribution in [3.63, 3.8) is 0 Å². The Morgan fingerprint density at radius 1 is 1.29 bits per heavy atom. The van der Waals surface area contributed by atoms with Gasteiger partial charge in [-0.2, -0.15) is 0 Å². The Balaban J connectivity index is 2.26. The fourth-order valence-corrected chi connectivity index (χ4v) is 2.25. The molecule has 0 bridgehead atoms. The van der Waals surface area contributed by atoms with Crippen LogP contribution in [0.25, 0.3) is 0 Å².